The van der Waals surface area contributed by atoms with Gasteiger partial charge in [-0.15, -0.1) is 11.3 Å². The summed E-state index contributed by atoms with van der Waals surface area (Å²) in [5, 5.41) is 9.54. The largest absolute Gasteiger partial charge is 0.385 e. The zero-order valence-corrected chi connectivity index (χ0v) is 9.24. The van der Waals surface area contributed by atoms with Crippen LogP contribution < -0.4 is 0 Å². The van der Waals surface area contributed by atoms with Gasteiger partial charge >= 0.3 is 0 Å². The van der Waals surface area contributed by atoms with Gasteiger partial charge in [-0.1, -0.05) is 0 Å². The van der Waals surface area contributed by atoms with Gasteiger partial charge in [-0.25, -0.2) is 13.4 Å². The van der Waals surface area contributed by atoms with Gasteiger partial charge in [0.05, 0.1) is 10.5 Å². The second-order valence-electron chi connectivity index (χ2n) is 3.32. The van der Waals surface area contributed by atoms with Gasteiger partial charge in [-0.05, 0) is 13.8 Å². The number of aromatic nitrogens is 1. The number of thiazole rings is 1. The third-order valence-electron chi connectivity index (χ3n) is 1.40. The van der Waals surface area contributed by atoms with Crippen LogP contribution in [0.5, 0.6) is 0 Å². The highest BCUT2D eigenvalue weighted by molar-refractivity contribution is 7.92. The van der Waals surface area contributed by atoms with Gasteiger partial charge in [0.1, 0.15) is 0 Å². The molecule has 1 N–H and O–H groups in total. The molecule has 74 valence electrons. The number of hydrogen-bond donors (Lipinski definition) is 1. The molecule has 0 saturated heterocycles. The Morgan fingerprint density at radius 1 is 1.54 bits per heavy atom. The number of aliphatic hydroxyl groups is 1. The van der Waals surface area contributed by atoms with E-state index < -0.39 is 15.4 Å². The molecule has 6 heteroatoms. The van der Waals surface area contributed by atoms with Crippen molar-refractivity contribution in [2.24, 2.45) is 0 Å². The molecule has 1 aromatic rings. The Hall–Kier alpha value is -0.460. The predicted molar refractivity (Wildman–Crippen MR) is 50.5 cm³/mol. The summed E-state index contributed by atoms with van der Waals surface area (Å²) in [5.74, 6) is 0. The molecule has 1 rings (SSSR count). The fraction of sp³-hybridized carbons (Fsp3) is 0.571. The second kappa shape index (κ2) is 3.04. The van der Waals surface area contributed by atoms with Gasteiger partial charge in [0.25, 0.3) is 0 Å². The SMILES string of the molecule is CC(C)(O)c1cnc(S(C)(=O)=O)s1. The van der Waals surface area contributed by atoms with Gasteiger partial charge in [-0.3, -0.25) is 0 Å². The maximum Gasteiger partial charge on any atom is 0.209 e. The van der Waals surface area contributed by atoms with E-state index in [1.54, 1.807) is 13.8 Å². The Balaban J connectivity index is 3.16. The first-order chi connectivity index (χ1) is 5.71. The fourth-order valence-electron chi connectivity index (χ4n) is 0.712. The van der Waals surface area contributed by atoms with Crippen molar-refractivity contribution in [2.45, 2.75) is 23.8 Å². The lowest BCUT2D eigenvalue weighted by Gasteiger charge is -2.12. The number of nitrogens with zero attached hydrogens (tertiary/aromatic N) is 1. The van der Waals surface area contributed by atoms with Crippen LogP contribution in [-0.2, 0) is 15.4 Å². The summed E-state index contributed by atoms with van der Waals surface area (Å²) in [5.41, 5.74) is -1.03. The predicted octanol–water partition coefficient (Wildman–Crippen LogP) is 0.774. The van der Waals surface area contributed by atoms with Crippen LogP contribution in [0, 0.1) is 0 Å². The lowest BCUT2D eigenvalue weighted by atomic mass is 10.1. The normalized spacial score (nSPS) is 13.2. The summed E-state index contributed by atoms with van der Waals surface area (Å²) in [6.45, 7) is 3.18. The maximum atomic E-state index is 11.0. The molecule has 0 aliphatic heterocycles. The first-order valence-electron chi connectivity index (χ1n) is 3.60. The smallest absolute Gasteiger partial charge is 0.209 e. The first kappa shape index (κ1) is 10.6. The summed E-state index contributed by atoms with van der Waals surface area (Å²) in [6, 6.07) is 0. The summed E-state index contributed by atoms with van der Waals surface area (Å²) < 4.78 is 22.1. The molecule has 0 radical (unpaired) electrons. The molecule has 0 spiro atoms. The van der Waals surface area contributed by atoms with E-state index in [0.717, 1.165) is 17.6 Å². The zero-order valence-electron chi connectivity index (χ0n) is 7.60. The standard InChI is InChI=1S/C7H11NO3S2/c1-7(2,9)5-4-8-6(12-5)13(3,10)11/h4,9H,1-3H3. The highest BCUT2D eigenvalue weighted by atomic mass is 32.2. The Bertz CT molecular complexity index is 400. The molecule has 1 heterocycles. The lowest BCUT2D eigenvalue weighted by molar-refractivity contribution is 0.0823. The van der Waals surface area contributed by atoms with Crippen molar-refractivity contribution >= 4 is 21.2 Å². The molecule has 0 aliphatic rings. The first-order valence-corrected chi connectivity index (χ1v) is 6.31. The topological polar surface area (TPSA) is 67.3 Å². The highest BCUT2D eigenvalue weighted by Gasteiger charge is 2.22. The molecule has 0 bridgehead atoms. The van der Waals surface area contributed by atoms with E-state index in [0.29, 0.717) is 4.88 Å². The third-order valence-corrected chi connectivity index (χ3v) is 4.41. The van der Waals surface area contributed by atoms with Crippen molar-refractivity contribution in [1.29, 1.82) is 0 Å². The average Bonchev–Trinajstić information content (AvgIpc) is 2.28. The molecule has 0 unspecified atom stereocenters. The zero-order chi connectivity index (χ0) is 10.3. The van der Waals surface area contributed by atoms with Crippen LogP contribution >= 0.6 is 11.3 Å². The average molecular weight is 221 g/mol. The molecule has 0 amide bonds. The lowest BCUT2D eigenvalue weighted by Crippen LogP contribution is -2.12. The van der Waals surface area contributed by atoms with E-state index in [2.05, 4.69) is 4.98 Å². The van der Waals surface area contributed by atoms with E-state index in [1.165, 1.54) is 6.20 Å². The maximum absolute atomic E-state index is 11.0. The summed E-state index contributed by atoms with van der Waals surface area (Å²) >= 11 is 0.998. The Morgan fingerprint density at radius 2 is 2.08 bits per heavy atom. The Kier molecular flexibility index (Phi) is 2.48. The molecule has 0 aromatic carbocycles. The molecule has 0 atom stereocenters. The summed E-state index contributed by atoms with van der Waals surface area (Å²) in [6.07, 6.45) is 2.49. The van der Waals surface area contributed by atoms with Crippen LogP contribution in [0.3, 0.4) is 0 Å². The van der Waals surface area contributed by atoms with Gasteiger partial charge in [0, 0.05) is 12.5 Å². The monoisotopic (exact) mass is 221 g/mol. The quantitative estimate of drug-likeness (QED) is 0.801. The molecule has 1 aromatic heterocycles. The minimum atomic E-state index is -3.25. The van der Waals surface area contributed by atoms with E-state index in [1.807, 2.05) is 0 Å². The molecular formula is C7H11NO3S2. The van der Waals surface area contributed by atoms with Crippen LogP contribution in [-0.4, -0.2) is 24.8 Å². The van der Waals surface area contributed by atoms with Gasteiger partial charge < -0.3 is 5.11 Å². The summed E-state index contributed by atoms with van der Waals surface area (Å²) in [7, 11) is -3.25. The van der Waals surface area contributed by atoms with Crippen molar-refractivity contribution in [3.05, 3.63) is 11.1 Å². The van der Waals surface area contributed by atoms with Crippen molar-refractivity contribution in [3.63, 3.8) is 0 Å². The molecule has 13 heavy (non-hydrogen) atoms. The van der Waals surface area contributed by atoms with Crippen molar-refractivity contribution in [3.8, 4) is 0 Å². The van der Waals surface area contributed by atoms with Gasteiger partial charge in [-0.2, -0.15) is 0 Å². The Labute approximate surface area is 81.2 Å². The molecular weight excluding hydrogens is 210 g/mol. The van der Waals surface area contributed by atoms with Crippen LogP contribution in [0.25, 0.3) is 0 Å². The van der Waals surface area contributed by atoms with E-state index in [-0.39, 0.29) is 4.34 Å². The van der Waals surface area contributed by atoms with Gasteiger partial charge in [0.15, 0.2) is 0 Å². The van der Waals surface area contributed by atoms with Crippen molar-refractivity contribution in [2.75, 3.05) is 6.26 Å². The van der Waals surface area contributed by atoms with Crippen molar-refractivity contribution < 1.29 is 13.5 Å². The van der Waals surface area contributed by atoms with Crippen LogP contribution in [0.1, 0.15) is 18.7 Å². The third kappa shape index (κ3) is 2.49. The highest BCUT2D eigenvalue weighted by Crippen LogP contribution is 2.27. The van der Waals surface area contributed by atoms with E-state index in [9.17, 15) is 13.5 Å². The molecule has 0 saturated carbocycles. The number of sulfone groups is 1. The molecule has 4 nitrogen and oxygen atoms in total. The molecule has 0 aliphatic carbocycles. The number of rotatable bonds is 2. The second-order valence-corrected chi connectivity index (χ2v) is 6.54. The number of hydrogen-bond acceptors (Lipinski definition) is 5. The van der Waals surface area contributed by atoms with Gasteiger partial charge in [0.2, 0.25) is 14.2 Å². The minimum Gasteiger partial charge on any atom is -0.385 e. The minimum absolute atomic E-state index is 0.0459. The summed E-state index contributed by atoms with van der Waals surface area (Å²) in [4.78, 5) is 4.27. The van der Waals surface area contributed by atoms with Crippen LogP contribution in [0.2, 0.25) is 0 Å². The Morgan fingerprint density at radius 3 is 2.31 bits per heavy atom. The van der Waals surface area contributed by atoms with Crippen LogP contribution in [0.15, 0.2) is 10.5 Å². The van der Waals surface area contributed by atoms with Crippen LogP contribution in [0.4, 0.5) is 0 Å². The van der Waals surface area contributed by atoms with E-state index >= 15 is 0 Å². The van der Waals surface area contributed by atoms with Crippen molar-refractivity contribution in [1.82, 2.24) is 4.98 Å². The fourth-order valence-corrected chi connectivity index (χ4v) is 2.48. The van der Waals surface area contributed by atoms with E-state index in [4.69, 9.17) is 0 Å². The molecule has 0 fully saturated rings.